The van der Waals surface area contributed by atoms with Crippen LogP contribution < -0.4 is 19.5 Å². The van der Waals surface area contributed by atoms with Crippen LogP contribution in [0.1, 0.15) is 48.3 Å². The van der Waals surface area contributed by atoms with Crippen molar-refractivity contribution in [3.05, 3.63) is 106 Å². The van der Waals surface area contributed by atoms with Crippen LogP contribution in [0.25, 0.3) is 0 Å². The van der Waals surface area contributed by atoms with Crippen molar-refractivity contribution >= 4 is 11.8 Å². The van der Waals surface area contributed by atoms with E-state index in [0.717, 1.165) is 16.8 Å². The highest BCUT2D eigenvalue weighted by molar-refractivity contribution is 6.04. The zero-order valence-electron chi connectivity index (χ0n) is 23.5. The highest BCUT2D eigenvalue weighted by Gasteiger charge is 2.41. The van der Waals surface area contributed by atoms with E-state index >= 15 is 0 Å². The molecule has 3 aromatic carbocycles. The monoisotopic (exact) mass is 555 g/mol. The number of nitrogens with one attached hydrogen (secondary N) is 1. The van der Waals surface area contributed by atoms with Crippen LogP contribution in [-0.4, -0.2) is 38.2 Å². The molecule has 0 saturated heterocycles. The Balaban J connectivity index is 1.53. The van der Waals surface area contributed by atoms with Crippen molar-refractivity contribution in [2.45, 2.75) is 38.2 Å². The number of aromatic hydroxyl groups is 1. The van der Waals surface area contributed by atoms with Gasteiger partial charge >= 0.3 is 5.97 Å². The van der Waals surface area contributed by atoms with Gasteiger partial charge in [0.25, 0.3) is 0 Å². The molecule has 0 radical (unpaired) electrons. The molecule has 2 N–H and O–H groups in total. The molecule has 0 fully saturated rings. The van der Waals surface area contributed by atoms with Gasteiger partial charge in [-0.15, -0.1) is 0 Å². The molecule has 0 bridgehead atoms. The third kappa shape index (κ3) is 5.50. The van der Waals surface area contributed by atoms with Gasteiger partial charge in [-0.25, -0.2) is 4.79 Å². The number of phenolic OH excluding ortho intramolecular Hbond substituents is 1. The highest BCUT2D eigenvalue weighted by Crippen LogP contribution is 2.47. The number of esters is 1. The van der Waals surface area contributed by atoms with E-state index < -0.39 is 11.9 Å². The predicted octanol–water partition coefficient (Wildman–Crippen LogP) is 5.52. The first kappa shape index (κ1) is 27.8. The number of ether oxygens (including phenoxy) is 4. The standard InChI is InChI=1S/C33H33NO7/c1-19-30(33(37)41-18-20-8-6-5-7-9-20)31(22-11-12-27(38-2)25(35)15-22)32-24(34-19)14-23(16-26(32)36)21-10-13-28(39-3)29(17-21)40-4/h5-13,15,17,23,31,34-35H,14,16,18H2,1-4H3. The van der Waals surface area contributed by atoms with Crippen molar-refractivity contribution in [3.63, 3.8) is 0 Å². The Morgan fingerprint density at radius 1 is 0.878 bits per heavy atom. The highest BCUT2D eigenvalue weighted by atomic mass is 16.5. The Morgan fingerprint density at radius 3 is 2.24 bits per heavy atom. The van der Waals surface area contributed by atoms with E-state index in [-0.39, 0.29) is 30.5 Å². The summed E-state index contributed by atoms with van der Waals surface area (Å²) in [5.74, 6) is 0.00943. The average Bonchev–Trinajstić information content (AvgIpc) is 2.99. The number of carbonyl (C=O) groups is 2. The lowest BCUT2D eigenvalue weighted by molar-refractivity contribution is -0.140. The average molecular weight is 556 g/mol. The number of Topliss-reactive ketones (excluding diaryl/α,β-unsaturated/α-hetero) is 1. The second-order valence-corrected chi connectivity index (χ2v) is 10.1. The molecule has 1 aliphatic carbocycles. The fraction of sp³-hybridized carbons (Fsp3) is 0.273. The molecule has 1 heterocycles. The van der Waals surface area contributed by atoms with Gasteiger partial charge in [-0.1, -0.05) is 42.5 Å². The Bertz CT molecular complexity index is 1540. The zero-order chi connectivity index (χ0) is 29.1. The topological polar surface area (TPSA) is 103 Å². The summed E-state index contributed by atoms with van der Waals surface area (Å²) in [7, 11) is 4.63. The van der Waals surface area contributed by atoms with E-state index in [1.807, 2.05) is 55.5 Å². The normalized spacial score (nSPS) is 18.4. The fourth-order valence-electron chi connectivity index (χ4n) is 5.67. The molecule has 0 spiro atoms. The van der Waals surface area contributed by atoms with Gasteiger partial charge in [0, 0.05) is 29.3 Å². The smallest absolute Gasteiger partial charge is 0.337 e. The largest absolute Gasteiger partial charge is 0.504 e. The SMILES string of the molecule is COc1ccc(C2C(C(=O)OCc3ccccc3)=C(C)NC3=C2C(=O)CC(c2ccc(OC)c(OC)c2)C3)cc1O. The summed E-state index contributed by atoms with van der Waals surface area (Å²) in [5, 5.41) is 14.0. The maximum atomic E-state index is 13.9. The third-order valence-electron chi connectivity index (χ3n) is 7.68. The minimum atomic E-state index is -0.717. The molecule has 2 aliphatic rings. The summed E-state index contributed by atoms with van der Waals surface area (Å²) in [5.41, 5.74) is 4.60. The van der Waals surface area contributed by atoms with Crippen LogP contribution in [0.15, 0.2) is 89.3 Å². The summed E-state index contributed by atoms with van der Waals surface area (Å²) in [4.78, 5) is 27.5. The molecule has 8 heteroatoms. The number of hydrogen-bond donors (Lipinski definition) is 2. The zero-order valence-corrected chi connectivity index (χ0v) is 23.5. The molecular weight excluding hydrogens is 522 g/mol. The lowest BCUT2D eigenvalue weighted by Crippen LogP contribution is -2.36. The number of hydrogen-bond acceptors (Lipinski definition) is 8. The first-order valence-corrected chi connectivity index (χ1v) is 13.4. The van der Waals surface area contributed by atoms with Gasteiger partial charge in [-0.3, -0.25) is 4.79 Å². The van der Waals surface area contributed by atoms with E-state index in [2.05, 4.69) is 5.32 Å². The van der Waals surface area contributed by atoms with E-state index in [9.17, 15) is 14.7 Å². The molecule has 41 heavy (non-hydrogen) atoms. The minimum absolute atomic E-state index is 0.0770. The summed E-state index contributed by atoms with van der Waals surface area (Å²) in [6.07, 6.45) is 0.804. The Hall–Kier alpha value is -4.72. The fourth-order valence-corrected chi connectivity index (χ4v) is 5.67. The number of carbonyl (C=O) groups excluding carboxylic acids is 2. The van der Waals surface area contributed by atoms with Crippen LogP contribution in [0.2, 0.25) is 0 Å². The molecular formula is C33H33NO7. The van der Waals surface area contributed by atoms with Crippen molar-refractivity contribution in [3.8, 4) is 23.0 Å². The lowest BCUT2D eigenvalue weighted by atomic mass is 9.71. The lowest BCUT2D eigenvalue weighted by Gasteiger charge is -2.37. The number of benzene rings is 3. The minimum Gasteiger partial charge on any atom is -0.504 e. The number of methoxy groups -OCH3 is 3. The van der Waals surface area contributed by atoms with Gasteiger partial charge < -0.3 is 29.4 Å². The summed E-state index contributed by atoms with van der Waals surface area (Å²) >= 11 is 0. The van der Waals surface area contributed by atoms with Crippen LogP contribution in [0.3, 0.4) is 0 Å². The molecule has 0 aromatic heterocycles. The number of rotatable bonds is 8. The second-order valence-electron chi connectivity index (χ2n) is 10.1. The Kier molecular flexibility index (Phi) is 8.01. The van der Waals surface area contributed by atoms with E-state index in [1.54, 1.807) is 32.4 Å². The van der Waals surface area contributed by atoms with Crippen molar-refractivity contribution in [1.82, 2.24) is 5.32 Å². The Morgan fingerprint density at radius 2 is 1.56 bits per heavy atom. The van der Waals surface area contributed by atoms with Crippen molar-refractivity contribution in [1.29, 1.82) is 0 Å². The maximum absolute atomic E-state index is 13.9. The van der Waals surface area contributed by atoms with Gasteiger partial charge in [-0.05, 0) is 60.2 Å². The molecule has 2 unspecified atom stereocenters. The van der Waals surface area contributed by atoms with Crippen LogP contribution in [-0.2, 0) is 20.9 Å². The molecule has 0 amide bonds. The summed E-state index contributed by atoms with van der Waals surface area (Å²) < 4.78 is 21.8. The quantitative estimate of drug-likeness (QED) is 0.350. The van der Waals surface area contributed by atoms with Crippen LogP contribution >= 0.6 is 0 Å². The molecule has 8 nitrogen and oxygen atoms in total. The van der Waals surface area contributed by atoms with Crippen LogP contribution in [0.4, 0.5) is 0 Å². The van der Waals surface area contributed by atoms with Gasteiger partial charge in [-0.2, -0.15) is 0 Å². The summed E-state index contributed by atoms with van der Waals surface area (Å²) in [6, 6.07) is 20.1. The molecule has 5 rings (SSSR count). The van der Waals surface area contributed by atoms with Gasteiger partial charge in [0.1, 0.15) is 6.61 Å². The first-order valence-electron chi connectivity index (χ1n) is 13.4. The van der Waals surface area contributed by atoms with Crippen molar-refractivity contribution < 1.29 is 33.6 Å². The number of ketones is 1. The molecule has 1 aliphatic heterocycles. The number of dihydropyridines is 1. The van der Waals surface area contributed by atoms with E-state index in [4.69, 9.17) is 18.9 Å². The van der Waals surface area contributed by atoms with Crippen molar-refractivity contribution in [2.24, 2.45) is 0 Å². The maximum Gasteiger partial charge on any atom is 0.337 e. The van der Waals surface area contributed by atoms with Gasteiger partial charge in [0.15, 0.2) is 28.8 Å². The van der Waals surface area contributed by atoms with E-state index in [0.29, 0.717) is 46.1 Å². The van der Waals surface area contributed by atoms with Crippen molar-refractivity contribution in [2.75, 3.05) is 21.3 Å². The molecule has 3 aromatic rings. The number of allylic oxidation sites excluding steroid dienone is 3. The second kappa shape index (κ2) is 11.8. The predicted molar refractivity (Wildman–Crippen MR) is 153 cm³/mol. The summed E-state index contributed by atoms with van der Waals surface area (Å²) in [6.45, 7) is 1.90. The van der Waals surface area contributed by atoms with Crippen LogP contribution in [0.5, 0.6) is 23.0 Å². The van der Waals surface area contributed by atoms with Gasteiger partial charge in [0.05, 0.1) is 26.9 Å². The third-order valence-corrected chi connectivity index (χ3v) is 7.68. The molecule has 2 atom stereocenters. The van der Waals surface area contributed by atoms with E-state index in [1.165, 1.54) is 7.11 Å². The Labute approximate surface area is 239 Å². The molecule has 0 saturated carbocycles. The number of phenols is 1. The van der Waals surface area contributed by atoms with Gasteiger partial charge in [0.2, 0.25) is 0 Å². The van der Waals surface area contributed by atoms with Crippen LogP contribution in [0, 0.1) is 0 Å². The first-order chi connectivity index (χ1) is 19.8. The molecule has 212 valence electrons.